The topological polar surface area (TPSA) is 54.9 Å². The largest absolute Gasteiger partial charge is 0.296 e. The zero-order valence-corrected chi connectivity index (χ0v) is 10.9. The van der Waals surface area contributed by atoms with Gasteiger partial charge >= 0.3 is 0 Å². The van der Waals surface area contributed by atoms with E-state index in [0.29, 0.717) is 11.0 Å². The molecule has 0 atom stereocenters. The summed E-state index contributed by atoms with van der Waals surface area (Å²) >= 11 is 2.88. The predicted octanol–water partition coefficient (Wildman–Crippen LogP) is 3.04. The van der Waals surface area contributed by atoms with E-state index in [4.69, 9.17) is 0 Å². The molecule has 6 heteroatoms. The maximum absolute atomic E-state index is 11.9. The Morgan fingerprint density at radius 1 is 1.47 bits per heavy atom. The second kappa shape index (κ2) is 4.19. The minimum absolute atomic E-state index is 0.0851. The molecule has 0 spiro atoms. The van der Waals surface area contributed by atoms with Crippen LogP contribution in [-0.2, 0) is 0 Å². The smallest absolute Gasteiger partial charge is 0.267 e. The summed E-state index contributed by atoms with van der Waals surface area (Å²) in [6.45, 7) is 1.86. The van der Waals surface area contributed by atoms with Crippen LogP contribution < -0.4 is 5.32 Å². The second-order valence-corrected chi connectivity index (χ2v) is 6.19. The highest BCUT2D eigenvalue weighted by Crippen LogP contribution is 2.41. The van der Waals surface area contributed by atoms with E-state index in [0.717, 1.165) is 9.88 Å². The minimum atomic E-state index is -0.0851. The van der Waals surface area contributed by atoms with Gasteiger partial charge in [0.1, 0.15) is 5.01 Å². The molecule has 1 aliphatic rings. The fraction of sp³-hybridized carbons (Fsp3) is 0.364. The molecule has 0 aromatic carbocycles. The van der Waals surface area contributed by atoms with E-state index in [1.807, 2.05) is 13.0 Å². The van der Waals surface area contributed by atoms with Gasteiger partial charge in [0.2, 0.25) is 5.13 Å². The molecule has 1 amide bonds. The molecule has 0 radical (unpaired) electrons. The highest BCUT2D eigenvalue weighted by atomic mass is 32.1. The summed E-state index contributed by atoms with van der Waals surface area (Å²) in [5.41, 5.74) is 1.30. The Morgan fingerprint density at radius 3 is 2.94 bits per heavy atom. The summed E-state index contributed by atoms with van der Waals surface area (Å²) in [7, 11) is 0. The van der Waals surface area contributed by atoms with Crippen molar-refractivity contribution in [3.8, 4) is 0 Å². The zero-order valence-electron chi connectivity index (χ0n) is 9.27. The van der Waals surface area contributed by atoms with Gasteiger partial charge in [-0.25, -0.2) is 0 Å². The molecule has 0 saturated heterocycles. The van der Waals surface area contributed by atoms with Gasteiger partial charge in [0.05, 0.1) is 4.88 Å². The summed E-state index contributed by atoms with van der Waals surface area (Å²) in [6, 6.07) is 1.99. The van der Waals surface area contributed by atoms with Gasteiger partial charge in [0.25, 0.3) is 5.91 Å². The van der Waals surface area contributed by atoms with Crippen LogP contribution in [0.5, 0.6) is 0 Å². The highest BCUT2D eigenvalue weighted by molar-refractivity contribution is 7.15. The molecule has 4 nitrogen and oxygen atoms in total. The van der Waals surface area contributed by atoms with Gasteiger partial charge in [-0.1, -0.05) is 11.3 Å². The first-order valence-corrected chi connectivity index (χ1v) is 7.12. The lowest BCUT2D eigenvalue weighted by Crippen LogP contribution is -2.09. The zero-order chi connectivity index (χ0) is 11.8. The number of carbonyl (C=O) groups is 1. The van der Waals surface area contributed by atoms with E-state index in [1.165, 1.54) is 41.1 Å². The van der Waals surface area contributed by atoms with Gasteiger partial charge in [-0.05, 0) is 42.7 Å². The number of nitrogens with zero attached hydrogens (tertiary/aromatic N) is 2. The summed E-state index contributed by atoms with van der Waals surface area (Å²) in [5.74, 6) is 0.606. The van der Waals surface area contributed by atoms with Gasteiger partial charge < -0.3 is 0 Å². The Kier molecular flexibility index (Phi) is 2.68. The Balaban J connectivity index is 1.72. The lowest BCUT2D eigenvalue weighted by Gasteiger charge is -1.96. The van der Waals surface area contributed by atoms with E-state index in [-0.39, 0.29) is 5.91 Å². The normalized spacial score (nSPS) is 14.9. The van der Waals surface area contributed by atoms with E-state index in [2.05, 4.69) is 20.9 Å². The third kappa shape index (κ3) is 2.37. The van der Waals surface area contributed by atoms with Crippen LogP contribution in [0.4, 0.5) is 5.13 Å². The van der Waals surface area contributed by atoms with E-state index < -0.39 is 0 Å². The number of anilines is 1. The first kappa shape index (κ1) is 10.9. The number of aryl methyl sites for hydroxylation is 1. The third-order valence-corrected chi connectivity index (χ3v) is 4.34. The molecule has 0 aliphatic heterocycles. The van der Waals surface area contributed by atoms with E-state index in [9.17, 15) is 4.79 Å². The van der Waals surface area contributed by atoms with Crippen LogP contribution in [0.1, 0.15) is 39.0 Å². The van der Waals surface area contributed by atoms with Crippen molar-refractivity contribution in [2.24, 2.45) is 0 Å². The standard InChI is InChI=1S/C11H11N3OS2/c1-6-13-14-11(17-6)12-10(15)9-4-8(5-16-9)7-2-3-7/h4-5,7H,2-3H2,1H3,(H,12,14,15). The van der Waals surface area contributed by atoms with Crippen LogP contribution in [0.2, 0.25) is 0 Å². The molecule has 1 aliphatic carbocycles. The van der Waals surface area contributed by atoms with Crippen molar-refractivity contribution in [1.29, 1.82) is 0 Å². The monoisotopic (exact) mass is 265 g/mol. The predicted molar refractivity (Wildman–Crippen MR) is 68.9 cm³/mol. The molecule has 2 aromatic rings. The summed E-state index contributed by atoms with van der Waals surface area (Å²) < 4.78 is 0. The highest BCUT2D eigenvalue weighted by Gasteiger charge is 2.25. The summed E-state index contributed by atoms with van der Waals surface area (Å²) in [4.78, 5) is 12.7. The lowest BCUT2D eigenvalue weighted by atomic mass is 10.2. The SMILES string of the molecule is Cc1nnc(NC(=O)c2cc(C3CC3)cs2)s1. The van der Waals surface area contributed by atoms with Crippen molar-refractivity contribution in [3.63, 3.8) is 0 Å². The second-order valence-electron chi connectivity index (χ2n) is 4.10. The Bertz CT molecular complexity index is 557. The first-order valence-electron chi connectivity index (χ1n) is 5.42. The van der Waals surface area contributed by atoms with Gasteiger partial charge in [-0.3, -0.25) is 10.1 Å². The average molecular weight is 265 g/mol. The quantitative estimate of drug-likeness (QED) is 0.928. The average Bonchev–Trinajstić information content (AvgIpc) is 2.88. The van der Waals surface area contributed by atoms with Crippen LogP contribution in [-0.4, -0.2) is 16.1 Å². The van der Waals surface area contributed by atoms with Gasteiger partial charge in [0.15, 0.2) is 0 Å². The fourth-order valence-corrected chi connectivity index (χ4v) is 3.08. The van der Waals surface area contributed by atoms with Crippen molar-refractivity contribution >= 4 is 33.7 Å². The van der Waals surface area contributed by atoms with Gasteiger partial charge in [-0.2, -0.15) is 0 Å². The molecule has 3 rings (SSSR count). The number of hydrogen-bond donors (Lipinski definition) is 1. The third-order valence-electron chi connectivity index (χ3n) is 2.64. The van der Waals surface area contributed by atoms with Crippen molar-refractivity contribution in [1.82, 2.24) is 10.2 Å². The molecule has 17 heavy (non-hydrogen) atoms. The van der Waals surface area contributed by atoms with E-state index in [1.54, 1.807) is 0 Å². The molecule has 0 bridgehead atoms. The molecular formula is C11H11N3OS2. The number of rotatable bonds is 3. The van der Waals surface area contributed by atoms with Gasteiger partial charge in [-0.15, -0.1) is 21.5 Å². The lowest BCUT2D eigenvalue weighted by molar-refractivity contribution is 0.103. The molecule has 2 heterocycles. The van der Waals surface area contributed by atoms with Crippen LogP contribution >= 0.6 is 22.7 Å². The molecule has 1 N–H and O–H groups in total. The Morgan fingerprint density at radius 2 is 2.29 bits per heavy atom. The molecule has 0 unspecified atom stereocenters. The van der Waals surface area contributed by atoms with Crippen LogP contribution in [0.15, 0.2) is 11.4 Å². The minimum Gasteiger partial charge on any atom is -0.296 e. The summed E-state index contributed by atoms with van der Waals surface area (Å²) in [6.07, 6.45) is 2.51. The maximum atomic E-state index is 11.9. The number of hydrogen-bond acceptors (Lipinski definition) is 5. The van der Waals surface area contributed by atoms with Crippen LogP contribution in [0.3, 0.4) is 0 Å². The van der Waals surface area contributed by atoms with Crippen LogP contribution in [0, 0.1) is 6.92 Å². The van der Waals surface area contributed by atoms with Crippen molar-refractivity contribution in [3.05, 3.63) is 26.9 Å². The number of carbonyl (C=O) groups excluding carboxylic acids is 1. The van der Waals surface area contributed by atoms with E-state index >= 15 is 0 Å². The van der Waals surface area contributed by atoms with Crippen molar-refractivity contribution in [2.75, 3.05) is 5.32 Å². The van der Waals surface area contributed by atoms with Crippen molar-refractivity contribution in [2.45, 2.75) is 25.7 Å². The number of nitrogens with one attached hydrogen (secondary N) is 1. The number of amides is 1. The summed E-state index contributed by atoms with van der Waals surface area (Å²) in [5, 5.41) is 14.0. The first-order chi connectivity index (χ1) is 8.22. The maximum Gasteiger partial charge on any atom is 0.267 e. The van der Waals surface area contributed by atoms with Crippen molar-refractivity contribution < 1.29 is 4.79 Å². The van der Waals surface area contributed by atoms with Gasteiger partial charge in [0, 0.05) is 0 Å². The molecule has 88 valence electrons. The molecule has 2 aromatic heterocycles. The number of thiophene rings is 1. The fourth-order valence-electron chi connectivity index (χ4n) is 1.61. The van der Waals surface area contributed by atoms with Crippen LogP contribution in [0.25, 0.3) is 0 Å². The Hall–Kier alpha value is -1.27. The Labute approximate surface area is 107 Å². The molecule has 1 saturated carbocycles. The molecular weight excluding hydrogens is 254 g/mol. The molecule has 1 fully saturated rings. The number of aromatic nitrogens is 2.